The first-order chi connectivity index (χ1) is 8.57. The molecule has 0 fully saturated rings. The van der Waals surface area contributed by atoms with Crippen LogP contribution < -0.4 is 10.5 Å². The normalized spacial score (nSPS) is 11.7. The van der Waals surface area contributed by atoms with Gasteiger partial charge in [0.2, 0.25) is 10.0 Å². The second-order valence-corrected chi connectivity index (χ2v) is 6.31. The Balaban J connectivity index is 3.12. The quantitative estimate of drug-likeness (QED) is 0.802. The molecule has 5 nitrogen and oxygen atoms in total. The number of aryl methyl sites for hydroxylation is 1. The molecule has 0 bridgehead atoms. The predicted molar refractivity (Wildman–Crippen MR) is 72.9 cm³/mol. The summed E-state index contributed by atoms with van der Waals surface area (Å²) in [4.78, 5) is 12.0. The topological polar surface area (TPSA) is 89.3 Å². The van der Waals surface area contributed by atoms with Crippen LogP contribution in [-0.4, -0.2) is 19.9 Å². The van der Waals surface area contributed by atoms with Crippen molar-refractivity contribution in [3.63, 3.8) is 0 Å². The van der Waals surface area contributed by atoms with Crippen LogP contribution in [0.5, 0.6) is 0 Å². The minimum Gasteiger partial charge on any atom is -0.336 e. The second kappa shape index (κ2) is 5.03. The first-order valence-electron chi connectivity index (χ1n) is 5.50. The van der Waals surface area contributed by atoms with Gasteiger partial charge in [0, 0.05) is 5.56 Å². The molecular weight excluding hydrogens is 264 g/mol. The third-order valence-electron chi connectivity index (χ3n) is 2.56. The Morgan fingerprint density at radius 2 is 2.00 bits per heavy atom. The van der Waals surface area contributed by atoms with Crippen molar-refractivity contribution in [1.82, 2.24) is 5.32 Å². The number of hydrogen-bond acceptors (Lipinski definition) is 3. The van der Waals surface area contributed by atoms with E-state index in [1.54, 1.807) is 20.8 Å². The molecule has 0 spiro atoms. The van der Waals surface area contributed by atoms with Gasteiger partial charge in [-0.05, 0) is 44.5 Å². The number of rotatable bonds is 3. The average Bonchev–Trinajstić information content (AvgIpc) is 2.26. The predicted octanol–water partition coefficient (Wildman–Crippen LogP) is 0.784. The minimum absolute atomic E-state index is 0.0299. The van der Waals surface area contributed by atoms with Crippen LogP contribution in [0.25, 0.3) is 0 Å². The Morgan fingerprint density at radius 1 is 1.42 bits per heavy atom. The van der Waals surface area contributed by atoms with E-state index in [0.717, 1.165) is 0 Å². The first-order valence-corrected chi connectivity index (χ1v) is 7.05. The van der Waals surface area contributed by atoms with E-state index in [1.165, 1.54) is 18.2 Å². The van der Waals surface area contributed by atoms with Gasteiger partial charge in [0.05, 0.1) is 10.4 Å². The monoisotopic (exact) mass is 280 g/mol. The number of nitrogens with one attached hydrogen (secondary N) is 1. The molecule has 3 N–H and O–H groups in total. The van der Waals surface area contributed by atoms with Crippen LogP contribution in [0.4, 0.5) is 0 Å². The maximum absolute atomic E-state index is 12.0. The molecule has 0 radical (unpaired) electrons. The van der Waals surface area contributed by atoms with Crippen molar-refractivity contribution in [2.45, 2.75) is 31.2 Å². The highest BCUT2D eigenvalue weighted by molar-refractivity contribution is 7.89. The summed E-state index contributed by atoms with van der Waals surface area (Å²) in [6.07, 6.45) is 5.29. The van der Waals surface area contributed by atoms with E-state index in [2.05, 4.69) is 11.2 Å². The molecule has 6 heteroatoms. The summed E-state index contributed by atoms with van der Waals surface area (Å²) < 4.78 is 22.4. The lowest BCUT2D eigenvalue weighted by Crippen LogP contribution is -2.42. The fourth-order valence-electron chi connectivity index (χ4n) is 1.46. The summed E-state index contributed by atoms with van der Waals surface area (Å²) in [5.74, 6) is 2.09. The van der Waals surface area contributed by atoms with Crippen LogP contribution in [-0.2, 0) is 10.0 Å². The largest absolute Gasteiger partial charge is 0.336 e. The van der Waals surface area contributed by atoms with Gasteiger partial charge in [-0.1, -0.05) is 5.92 Å². The van der Waals surface area contributed by atoms with Gasteiger partial charge >= 0.3 is 0 Å². The van der Waals surface area contributed by atoms with Crippen molar-refractivity contribution in [1.29, 1.82) is 0 Å². The van der Waals surface area contributed by atoms with Crippen LogP contribution in [0.15, 0.2) is 23.1 Å². The number of nitrogens with two attached hydrogens (primary N) is 1. The molecule has 102 valence electrons. The Hall–Kier alpha value is -1.84. The molecule has 0 saturated heterocycles. The van der Waals surface area contributed by atoms with Gasteiger partial charge in [-0.2, -0.15) is 0 Å². The Labute approximate surface area is 113 Å². The zero-order chi connectivity index (χ0) is 14.8. The molecule has 0 unspecified atom stereocenters. The van der Waals surface area contributed by atoms with Gasteiger partial charge in [-0.15, -0.1) is 6.42 Å². The van der Waals surface area contributed by atoms with Gasteiger partial charge < -0.3 is 5.32 Å². The SMILES string of the molecule is C#CC(C)(C)NC(=O)c1ccc(S(N)(=O)=O)cc1C. The molecule has 0 heterocycles. The average molecular weight is 280 g/mol. The second-order valence-electron chi connectivity index (χ2n) is 4.75. The highest BCUT2D eigenvalue weighted by Crippen LogP contribution is 2.15. The van der Waals surface area contributed by atoms with Crippen LogP contribution in [0.3, 0.4) is 0 Å². The van der Waals surface area contributed by atoms with Gasteiger partial charge in [-0.25, -0.2) is 13.6 Å². The molecule has 0 aliphatic heterocycles. The molecule has 0 aliphatic rings. The van der Waals surface area contributed by atoms with Crippen LogP contribution in [0, 0.1) is 19.3 Å². The summed E-state index contributed by atoms with van der Waals surface area (Å²) in [5.41, 5.74) is 0.0925. The Kier molecular flexibility index (Phi) is 4.03. The molecule has 1 rings (SSSR count). The van der Waals surface area contributed by atoms with Crippen LogP contribution >= 0.6 is 0 Å². The number of carbonyl (C=O) groups is 1. The lowest BCUT2D eigenvalue weighted by atomic mass is 10.0. The smallest absolute Gasteiger partial charge is 0.252 e. The number of primary sulfonamides is 1. The number of carbonyl (C=O) groups excluding carboxylic acids is 1. The summed E-state index contributed by atoms with van der Waals surface area (Å²) in [6, 6.07) is 4.06. The molecule has 0 aliphatic carbocycles. The van der Waals surface area contributed by atoms with Crippen LogP contribution in [0.1, 0.15) is 29.8 Å². The van der Waals surface area contributed by atoms with Gasteiger partial charge in [0.1, 0.15) is 0 Å². The van der Waals surface area contributed by atoms with Gasteiger partial charge in [0.25, 0.3) is 5.91 Å². The maximum atomic E-state index is 12.0. The van der Waals surface area contributed by atoms with E-state index in [9.17, 15) is 13.2 Å². The van der Waals surface area contributed by atoms with Crippen molar-refractivity contribution in [3.05, 3.63) is 29.3 Å². The minimum atomic E-state index is -3.77. The first kappa shape index (κ1) is 15.2. The number of hydrogen-bond donors (Lipinski definition) is 2. The third kappa shape index (κ3) is 3.81. The van der Waals surface area contributed by atoms with Crippen molar-refractivity contribution in [3.8, 4) is 12.3 Å². The van der Waals surface area contributed by atoms with E-state index in [4.69, 9.17) is 11.6 Å². The van der Waals surface area contributed by atoms with Crippen LogP contribution in [0.2, 0.25) is 0 Å². The van der Waals surface area contributed by atoms with Crippen molar-refractivity contribution in [2.24, 2.45) is 5.14 Å². The van der Waals surface area contributed by atoms with E-state index >= 15 is 0 Å². The lowest BCUT2D eigenvalue weighted by Gasteiger charge is -2.20. The van der Waals surface area contributed by atoms with E-state index in [-0.39, 0.29) is 10.8 Å². The van der Waals surface area contributed by atoms with Crippen molar-refractivity contribution < 1.29 is 13.2 Å². The number of sulfonamides is 1. The highest BCUT2D eigenvalue weighted by atomic mass is 32.2. The van der Waals surface area contributed by atoms with Crippen molar-refractivity contribution in [2.75, 3.05) is 0 Å². The third-order valence-corrected chi connectivity index (χ3v) is 3.47. The van der Waals surface area contributed by atoms with Crippen molar-refractivity contribution >= 4 is 15.9 Å². The van der Waals surface area contributed by atoms with Gasteiger partial charge in [-0.3, -0.25) is 4.79 Å². The summed E-state index contributed by atoms with van der Waals surface area (Å²) in [7, 11) is -3.77. The summed E-state index contributed by atoms with van der Waals surface area (Å²) >= 11 is 0. The van der Waals surface area contributed by atoms with E-state index in [1.807, 2.05) is 0 Å². The molecule has 1 aromatic carbocycles. The zero-order valence-corrected chi connectivity index (χ0v) is 11.8. The van der Waals surface area contributed by atoms with E-state index < -0.39 is 15.6 Å². The van der Waals surface area contributed by atoms with E-state index in [0.29, 0.717) is 11.1 Å². The number of benzene rings is 1. The maximum Gasteiger partial charge on any atom is 0.252 e. The number of amides is 1. The standard InChI is InChI=1S/C13H16N2O3S/c1-5-13(3,4)15-12(16)11-7-6-10(8-9(11)2)19(14,17)18/h1,6-8H,2-4H3,(H,15,16)(H2,14,17,18). The molecule has 1 aromatic rings. The Bertz CT molecular complexity index is 655. The van der Waals surface area contributed by atoms with Gasteiger partial charge in [0.15, 0.2) is 0 Å². The molecule has 0 saturated carbocycles. The summed E-state index contributed by atoms with van der Waals surface area (Å²) in [5, 5.41) is 7.69. The molecular formula is C13H16N2O3S. The molecule has 1 amide bonds. The molecule has 19 heavy (non-hydrogen) atoms. The highest BCUT2D eigenvalue weighted by Gasteiger charge is 2.20. The summed E-state index contributed by atoms with van der Waals surface area (Å²) in [6.45, 7) is 5.02. The fourth-order valence-corrected chi connectivity index (χ4v) is 2.05. The zero-order valence-electron chi connectivity index (χ0n) is 11.0. The lowest BCUT2D eigenvalue weighted by molar-refractivity contribution is 0.0929. The molecule has 0 aromatic heterocycles. The molecule has 0 atom stereocenters. The fraction of sp³-hybridized carbons (Fsp3) is 0.308. The Morgan fingerprint density at radius 3 is 2.42 bits per heavy atom. The number of terminal acetylenes is 1.